The summed E-state index contributed by atoms with van der Waals surface area (Å²) in [5.74, 6) is -0.631. The maximum atomic E-state index is 14.5. The zero-order valence-corrected chi connectivity index (χ0v) is 16.1. The Morgan fingerprint density at radius 1 is 0.857 bits per heavy atom. The van der Waals surface area contributed by atoms with Crippen molar-refractivity contribution in [3.05, 3.63) is 106 Å². The molecule has 4 rings (SSSR count). The zero-order chi connectivity index (χ0) is 19.7. The van der Waals surface area contributed by atoms with Crippen molar-refractivity contribution in [2.75, 3.05) is 10.2 Å². The average Bonchev–Trinajstić information content (AvgIpc) is 3.01. The van der Waals surface area contributed by atoms with Gasteiger partial charge >= 0.3 is 0 Å². The summed E-state index contributed by atoms with van der Waals surface area (Å²) in [5.41, 5.74) is 2.13. The Hall–Kier alpha value is -2.82. The molecule has 1 atom stereocenters. The number of amides is 1. The van der Waals surface area contributed by atoms with Gasteiger partial charge in [0.2, 0.25) is 0 Å². The van der Waals surface area contributed by atoms with Crippen LogP contribution in [0.15, 0.2) is 84.6 Å². The van der Waals surface area contributed by atoms with Gasteiger partial charge in [-0.1, -0.05) is 41.4 Å². The van der Waals surface area contributed by atoms with Gasteiger partial charge in [0.1, 0.15) is 11.5 Å². The number of hydrogen-bond donors (Lipinski definition) is 1. The summed E-state index contributed by atoms with van der Waals surface area (Å²) in [6.07, 6.45) is 1.73. The van der Waals surface area contributed by atoms with Gasteiger partial charge in [-0.15, -0.1) is 0 Å². The van der Waals surface area contributed by atoms with Crippen LogP contribution < -0.4 is 10.2 Å². The number of carbonyl (C=O) groups is 1. The van der Waals surface area contributed by atoms with E-state index >= 15 is 0 Å². The van der Waals surface area contributed by atoms with Gasteiger partial charge in [0.25, 0.3) is 5.91 Å². The van der Waals surface area contributed by atoms with Crippen molar-refractivity contribution >= 4 is 40.5 Å². The predicted octanol–water partition coefficient (Wildman–Crippen LogP) is 6.22. The second kappa shape index (κ2) is 7.66. The lowest BCUT2D eigenvalue weighted by Crippen LogP contribution is -2.31. The van der Waals surface area contributed by atoms with Crippen LogP contribution in [0, 0.1) is 5.82 Å². The molecule has 1 aliphatic heterocycles. The molecule has 28 heavy (non-hydrogen) atoms. The van der Waals surface area contributed by atoms with E-state index in [9.17, 15) is 9.18 Å². The van der Waals surface area contributed by atoms with E-state index in [-0.39, 0.29) is 11.7 Å². The highest BCUT2D eigenvalue weighted by Gasteiger charge is 2.36. The van der Waals surface area contributed by atoms with Gasteiger partial charge in [-0.2, -0.15) is 0 Å². The Balaban J connectivity index is 1.74. The summed E-state index contributed by atoms with van der Waals surface area (Å²) in [4.78, 5) is 14.7. The van der Waals surface area contributed by atoms with E-state index in [0.29, 0.717) is 32.7 Å². The highest BCUT2D eigenvalue weighted by molar-refractivity contribution is 6.31. The van der Waals surface area contributed by atoms with Crippen molar-refractivity contribution in [1.29, 1.82) is 0 Å². The molecule has 0 saturated heterocycles. The van der Waals surface area contributed by atoms with Gasteiger partial charge in [-0.3, -0.25) is 9.69 Å². The first-order valence-electron chi connectivity index (χ1n) is 8.61. The van der Waals surface area contributed by atoms with E-state index in [1.54, 1.807) is 77.7 Å². The van der Waals surface area contributed by atoms with Gasteiger partial charge in [0, 0.05) is 27.0 Å². The monoisotopic (exact) mass is 412 g/mol. The molecule has 1 aliphatic rings. The summed E-state index contributed by atoms with van der Waals surface area (Å²) in [7, 11) is 0. The summed E-state index contributed by atoms with van der Waals surface area (Å²) in [6.45, 7) is 0. The molecule has 140 valence electrons. The lowest BCUT2D eigenvalue weighted by molar-refractivity contribution is -0.114. The Labute approximate surface area is 172 Å². The summed E-state index contributed by atoms with van der Waals surface area (Å²) in [6, 6.07) is 19.8. The van der Waals surface area contributed by atoms with Crippen LogP contribution in [0.1, 0.15) is 11.6 Å². The molecule has 3 aromatic carbocycles. The van der Waals surface area contributed by atoms with E-state index < -0.39 is 6.04 Å². The van der Waals surface area contributed by atoms with Crippen molar-refractivity contribution in [3.63, 3.8) is 0 Å². The number of anilines is 2. The van der Waals surface area contributed by atoms with Crippen molar-refractivity contribution in [1.82, 2.24) is 0 Å². The molecule has 0 radical (unpaired) electrons. The largest absolute Gasteiger partial charge is 0.351 e. The standard InChI is InChI=1S/C22H15Cl2FN2O/c23-14-5-9-16(10-6-14)26-20-13-21(18-3-1-2-4-19(18)25)27(22(20)28)17-11-7-15(24)8-12-17/h1-13,21,26H. The van der Waals surface area contributed by atoms with E-state index in [1.165, 1.54) is 6.07 Å². The molecular weight excluding hydrogens is 398 g/mol. The molecule has 1 amide bonds. The van der Waals surface area contributed by atoms with E-state index in [4.69, 9.17) is 23.2 Å². The number of carbonyl (C=O) groups excluding carboxylic acids is 1. The highest BCUT2D eigenvalue weighted by Crippen LogP contribution is 2.37. The van der Waals surface area contributed by atoms with Crippen molar-refractivity contribution in [2.45, 2.75) is 6.04 Å². The van der Waals surface area contributed by atoms with Crippen LogP contribution in [0.3, 0.4) is 0 Å². The summed E-state index contributed by atoms with van der Waals surface area (Å²) in [5, 5.41) is 4.27. The third-order valence-corrected chi connectivity index (χ3v) is 5.01. The van der Waals surface area contributed by atoms with Gasteiger partial charge in [-0.05, 0) is 60.7 Å². The average molecular weight is 413 g/mol. The van der Waals surface area contributed by atoms with E-state index in [1.807, 2.05) is 0 Å². The van der Waals surface area contributed by atoms with E-state index in [0.717, 1.165) is 0 Å². The zero-order valence-electron chi connectivity index (χ0n) is 14.6. The van der Waals surface area contributed by atoms with Crippen LogP contribution in [0.25, 0.3) is 0 Å². The minimum absolute atomic E-state index is 0.259. The first-order chi connectivity index (χ1) is 13.5. The topological polar surface area (TPSA) is 32.3 Å². The molecule has 3 aromatic rings. The second-order valence-corrected chi connectivity index (χ2v) is 7.20. The minimum atomic E-state index is -0.579. The first kappa shape index (κ1) is 18.5. The Bertz CT molecular complexity index is 1050. The quantitative estimate of drug-likeness (QED) is 0.551. The fourth-order valence-electron chi connectivity index (χ4n) is 3.17. The molecule has 0 saturated carbocycles. The predicted molar refractivity (Wildman–Crippen MR) is 111 cm³/mol. The normalized spacial score (nSPS) is 16.2. The van der Waals surface area contributed by atoms with Crippen LogP contribution in [0.5, 0.6) is 0 Å². The number of rotatable bonds is 4. The minimum Gasteiger partial charge on any atom is -0.351 e. The number of benzene rings is 3. The second-order valence-electron chi connectivity index (χ2n) is 6.33. The van der Waals surface area contributed by atoms with Gasteiger partial charge in [-0.25, -0.2) is 4.39 Å². The van der Waals surface area contributed by atoms with Crippen LogP contribution in [0.2, 0.25) is 10.0 Å². The fraction of sp³-hybridized carbons (Fsp3) is 0.0455. The van der Waals surface area contributed by atoms with E-state index in [2.05, 4.69) is 5.32 Å². The molecule has 0 fully saturated rings. The third-order valence-electron chi connectivity index (χ3n) is 4.50. The number of nitrogens with one attached hydrogen (secondary N) is 1. The van der Waals surface area contributed by atoms with Crippen LogP contribution in [-0.2, 0) is 4.79 Å². The molecule has 0 aliphatic carbocycles. The number of nitrogens with zero attached hydrogens (tertiary/aromatic N) is 1. The van der Waals surface area contributed by atoms with Crippen molar-refractivity contribution in [3.8, 4) is 0 Å². The molecule has 0 spiro atoms. The van der Waals surface area contributed by atoms with Gasteiger partial charge < -0.3 is 5.32 Å². The van der Waals surface area contributed by atoms with Gasteiger partial charge in [0.15, 0.2) is 0 Å². The maximum Gasteiger partial charge on any atom is 0.275 e. The lowest BCUT2D eigenvalue weighted by atomic mass is 10.1. The molecule has 1 unspecified atom stereocenters. The molecule has 0 bridgehead atoms. The van der Waals surface area contributed by atoms with Crippen LogP contribution in [0.4, 0.5) is 15.8 Å². The highest BCUT2D eigenvalue weighted by atomic mass is 35.5. The van der Waals surface area contributed by atoms with Crippen LogP contribution >= 0.6 is 23.2 Å². The number of halogens is 3. The third kappa shape index (κ3) is 3.61. The van der Waals surface area contributed by atoms with Gasteiger partial charge in [0.05, 0.1) is 6.04 Å². The lowest BCUT2D eigenvalue weighted by Gasteiger charge is -2.25. The maximum absolute atomic E-state index is 14.5. The summed E-state index contributed by atoms with van der Waals surface area (Å²) < 4.78 is 14.5. The number of hydrogen-bond acceptors (Lipinski definition) is 2. The van der Waals surface area contributed by atoms with Crippen LogP contribution in [-0.4, -0.2) is 5.91 Å². The fourth-order valence-corrected chi connectivity index (χ4v) is 3.42. The van der Waals surface area contributed by atoms with Crippen molar-refractivity contribution < 1.29 is 9.18 Å². The Morgan fingerprint density at radius 3 is 2.11 bits per heavy atom. The molecule has 6 heteroatoms. The summed E-state index contributed by atoms with van der Waals surface area (Å²) >= 11 is 11.9. The SMILES string of the molecule is O=C1C(Nc2ccc(Cl)cc2)=CC(c2ccccc2F)N1c1ccc(Cl)cc1. The molecule has 3 nitrogen and oxygen atoms in total. The molecule has 0 aromatic heterocycles. The molecular formula is C22H15Cl2FN2O. The van der Waals surface area contributed by atoms with Crippen molar-refractivity contribution in [2.24, 2.45) is 0 Å². The molecule has 1 heterocycles. The first-order valence-corrected chi connectivity index (χ1v) is 9.36. The molecule has 1 N–H and O–H groups in total. The Morgan fingerprint density at radius 2 is 1.46 bits per heavy atom. The smallest absolute Gasteiger partial charge is 0.275 e. The Kier molecular flexibility index (Phi) is 5.07.